The number of nitrogens with one attached hydrogen (secondary N) is 2. The van der Waals surface area contributed by atoms with Crippen molar-refractivity contribution in [2.75, 3.05) is 26.7 Å². The lowest BCUT2D eigenvalue weighted by Crippen LogP contribution is -2.51. The van der Waals surface area contributed by atoms with Gasteiger partial charge in [-0.05, 0) is 43.2 Å². The molecule has 178 valence electrons. The maximum absolute atomic E-state index is 12.6. The summed E-state index contributed by atoms with van der Waals surface area (Å²) < 4.78 is 0. The van der Waals surface area contributed by atoms with E-state index in [-0.39, 0.29) is 29.9 Å². The molecular weight excluding hydrogens is 513 g/mol. The van der Waals surface area contributed by atoms with E-state index < -0.39 is 0 Å². The molecule has 4 rings (SSSR count). The van der Waals surface area contributed by atoms with Crippen LogP contribution in [0.4, 0.5) is 0 Å². The van der Waals surface area contributed by atoms with Gasteiger partial charge in [-0.3, -0.25) is 9.79 Å². The van der Waals surface area contributed by atoms with Crippen LogP contribution in [0.2, 0.25) is 0 Å². The highest BCUT2D eigenvalue weighted by Gasteiger charge is 2.26. The normalized spacial score (nSPS) is 20.5. The summed E-state index contributed by atoms with van der Waals surface area (Å²) in [4.78, 5) is 21.6. The Hall–Kier alpha value is -1.35. The fourth-order valence-electron chi connectivity index (χ4n) is 5.36. The summed E-state index contributed by atoms with van der Waals surface area (Å²) in [6.45, 7) is 4.68. The molecule has 2 fully saturated rings. The molecule has 1 amide bonds. The Balaban J connectivity index is 0.00000289. The number of benzene rings is 1. The van der Waals surface area contributed by atoms with E-state index in [0.717, 1.165) is 38.1 Å². The summed E-state index contributed by atoms with van der Waals surface area (Å²) >= 11 is 0. The highest BCUT2D eigenvalue weighted by Crippen LogP contribution is 2.25. The zero-order valence-electron chi connectivity index (χ0n) is 19.5. The molecule has 7 heteroatoms. The van der Waals surface area contributed by atoms with Crippen LogP contribution in [0.15, 0.2) is 29.3 Å². The summed E-state index contributed by atoms with van der Waals surface area (Å²) in [5.74, 6) is 1.12. The van der Waals surface area contributed by atoms with E-state index in [9.17, 15) is 4.79 Å². The van der Waals surface area contributed by atoms with Gasteiger partial charge >= 0.3 is 0 Å². The molecule has 0 unspecified atom stereocenters. The fourth-order valence-corrected chi connectivity index (χ4v) is 5.36. The van der Waals surface area contributed by atoms with Gasteiger partial charge in [0.2, 0.25) is 5.91 Å². The molecule has 32 heavy (non-hydrogen) atoms. The molecule has 1 aromatic rings. The fraction of sp³-hybridized carbons (Fsp3) is 0.680. The quantitative estimate of drug-likeness (QED) is 0.243. The number of hydrogen-bond acceptors (Lipinski definition) is 3. The molecule has 1 saturated carbocycles. The Morgan fingerprint density at radius 2 is 1.69 bits per heavy atom. The van der Waals surface area contributed by atoms with E-state index >= 15 is 0 Å². The molecule has 2 aliphatic heterocycles. The van der Waals surface area contributed by atoms with Crippen LogP contribution in [-0.2, 0) is 17.9 Å². The second kappa shape index (κ2) is 12.8. The molecule has 0 atom stereocenters. The smallest absolute Gasteiger partial charge is 0.223 e. The van der Waals surface area contributed by atoms with Crippen LogP contribution < -0.4 is 10.6 Å². The number of halogens is 1. The molecule has 3 aliphatic rings. The molecule has 1 aliphatic carbocycles. The predicted molar refractivity (Wildman–Crippen MR) is 141 cm³/mol. The van der Waals surface area contributed by atoms with E-state index in [1.165, 1.54) is 69.2 Å². The third-order valence-electron chi connectivity index (χ3n) is 7.24. The van der Waals surface area contributed by atoms with Gasteiger partial charge in [0.1, 0.15) is 0 Å². The third kappa shape index (κ3) is 6.83. The maximum atomic E-state index is 12.6. The molecule has 6 nitrogen and oxygen atoms in total. The van der Waals surface area contributed by atoms with Crippen molar-refractivity contribution in [1.29, 1.82) is 0 Å². The molecular formula is C25H40IN5O. The van der Waals surface area contributed by atoms with Gasteiger partial charge in [-0.15, -0.1) is 24.0 Å². The minimum Gasteiger partial charge on any atom is -0.356 e. The molecule has 0 radical (unpaired) electrons. The lowest BCUT2D eigenvalue weighted by Gasteiger charge is -2.39. The molecule has 2 N–H and O–H groups in total. The van der Waals surface area contributed by atoms with Gasteiger partial charge in [0, 0.05) is 58.3 Å². The lowest BCUT2D eigenvalue weighted by molar-refractivity contribution is -0.131. The molecule has 1 aromatic carbocycles. The standard InChI is InChI=1S/C25H39N5O.HI/c1-26-25(28-22-13-16-29(17-14-22)23-10-3-2-4-11-23)27-15-7-12-24(31)30-18-20-8-5-6-9-21(20)19-30;/h5-6,8-9,22-23H,2-4,7,10-19H2,1H3,(H2,26,27,28);1H. The zero-order chi connectivity index (χ0) is 21.5. The van der Waals surface area contributed by atoms with E-state index in [2.05, 4.69) is 44.8 Å². The van der Waals surface area contributed by atoms with Gasteiger partial charge in [0.25, 0.3) is 0 Å². The first-order valence-electron chi connectivity index (χ1n) is 12.3. The van der Waals surface area contributed by atoms with Crippen LogP contribution in [0.3, 0.4) is 0 Å². The number of rotatable bonds is 6. The van der Waals surface area contributed by atoms with Crippen molar-refractivity contribution >= 4 is 35.8 Å². The van der Waals surface area contributed by atoms with Crippen LogP contribution >= 0.6 is 24.0 Å². The lowest BCUT2D eigenvalue weighted by atomic mass is 9.92. The Bertz CT molecular complexity index is 731. The average molecular weight is 554 g/mol. The number of guanidine groups is 1. The van der Waals surface area contributed by atoms with Gasteiger partial charge < -0.3 is 20.4 Å². The van der Waals surface area contributed by atoms with E-state index in [0.29, 0.717) is 12.5 Å². The summed E-state index contributed by atoms with van der Waals surface area (Å²) in [7, 11) is 1.83. The molecule has 0 aromatic heterocycles. The first kappa shape index (κ1) is 25.3. The molecule has 0 bridgehead atoms. The number of carbonyl (C=O) groups excluding carboxylic acids is 1. The summed E-state index contributed by atoms with van der Waals surface area (Å²) in [5.41, 5.74) is 2.57. The topological polar surface area (TPSA) is 60.0 Å². The Labute approximate surface area is 210 Å². The van der Waals surface area contributed by atoms with Gasteiger partial charge in [-0.1, -0.05) is 43.5 Å². The zero-order valence-corrected chi connectivity index (χ0v) is 21.9. The van der Waals surface area contributed by atoms with Gasteiger partial charge in [0.15, 0.2) is 5.96 Å². The van der Waals surface area contributed by atoms with Crippen molar-refractivity contribution in [1.82, 2.24) is 20.4 Å². The number of aliphatic imine (C=N–C) groups is 1. The maximum Gasteiger partial charge on any atom is 0.223 e. The van der Waals surface area contributed by atoms with Crippen molar-refractivity contribution in [2.45, 2.75) is 83.0 Å². The predicted octanol–water partition coefficient (Wildman–Crippen LogP) is 3.89. The number of piperidine rings is 1. The van der Waals surface area contributed by atoms with E-state index in [4.69, 9.17) is 0 Å². The van der Waals surface area contributed by atoms with Gasteiger partial charge in [-0.25, -0.2) is 0 Å². The number of likely N-dealkylation sites (tertiary alicyclic amines) is 1. The van der Waals surface area contributed by atoms with Gasteiger partial charge in [-0.2, -0.15) is 0 Å². The number of carbonyl (C=O) groups is 1. The second-order valence-electron chi connectivity index (χ2n) is 9.37. The Morgan fingerprint density at radius 3 is 2.31 bits per heavy atom. The van der Waals surface area contributed by atoms with Crippen molar-refractivity contribution in [3.63, 3.8) is 0 Å². The largest absolute Gasteiger partial charge is 0.356 e. The summed E-state index contributed by atoms with van der Waals surface area (Å²) in [5, 5.41) is 7.01. The van der Waals surface area contributed by atoms with Crippen LogP contribution in [-0.4, -0.2) is 60.4 Å². The monoisotopic (exact) mass is 553 g/mol. The summed E-state index contributed by atoms with van der Waals surface area (Å²) in [6, 6.07) is 9.67. The minimum atomic E-state index is 0. The van der Waals surface area contributed by atoms with Gasteiger partial charge in [0.05, 0.1) is 0 Å². The molecule has 1 saturated heterocycles. The third-order valence-corrected chi connectivity index (χ3v) is 7.24. The molecule has 2 heterocycles. The van der Waals surface area contributed by atoms with Crippen molar-refractivity contribution in [3.8, 4) is 0 Å². The van der Waals surface area contributed by atoms with Crippen LogP contribution in [0.25, 0.3) is 0 Å². The van der Waals surface area contributed by atoms with Crippen molar-refractivity contribution in [3.05, 3.63) is 35.4 Å². The highest BCUT2D eigenvalue weighted by molar-refractivity contribution is 14.0. The SMILES string of the molecule is CN=C(NCCCC(=O)N1Cc2ccccc2C1)NC1CCN(C2CCCCC2)CC1.I. The van der Waals surface area contributed by atoms with Crippen molar-refractivity contribution < 1.29 is 4.79 Å². The van der Waals surface area contributed by atoms with E-state index in [1.54, 1.807) is 0 Å². The first-order chi connectivity index (χ1) is 15.2. The minimum absolute atomic E-state index is 0. The average Bonchev–Trinajstić information content (AvgIpc) is 3.26. The van der Waals surface area contributed by atoms with Crippen LogP contribution in [0.1, 0.15) is 68.9 Å². The Kier molecular flexibility index (Phi) is 10.1. The van der Waals surface area contributed by atoms with Crippen LogP contribution in [0, 0.1) is 0 Å². The Morgan fingerprint density at radius 1 is 1.03 bits per heavy atom. The number of hydrogen-bond donors (Lipinski definition) is 2. The number of amides is 1. The van der Waals surface area contributed by atoms with E-state index in [1.807, 2.05) is 11.9 Å². The number of fused-ring (bicyclic) bond motifs is 1. The molecule has 0 spiro atoms. The first-order valence-corrected chi connectivity index (χ1v) is 12.3. The van der Waals surface area contributed by atoms with Crippen LogP contribution in [0.5, 0.6) is 0 Å². The highest BCUT2D eigenvalue weighted by atomic mass is 127. The second-order valence-corrected chi connectivity index (χ2v) is 9.37. The number of nitrogens with zero attached hydrogens (tertiary/aromatic N) is 3. The summed E-state index contributed by atoms with van der Waals surface area (Å²) in [6.07, 6.45) is 10.8. The van der Waals surface area contributed by atoms with Crippen molar-refractivity contribution in [2.24, 2.45) is 4.99 Å².